The number of anilines is 1. The highest BCUT2D eigenvalue weighted by atomic mass is 32.1. The number of nitrogens with one attached hydrogen (secondary N) is 1. The molecule has 1 amide bonds. The molecule has 0 aliphatic heterocycles. The molecular formula is C27H18F3N5OS. The van der Waals surface area contributed by atoms with Gasteiger partial charge in [0, 0.05) is 11.3 Å². The summed E-state index contributed by atoms with van der Waals surface area (Å²) >= 11 is 1.32. The van der Waals surface area contributed by atoms with Gasteiger partial charge in [0.2, 0.25) is 0 Å². The van der Waals surface area contributed by atoms with Crippen LogP contribution in [0.4, 0.5) is 30.2 Å². The summed E-state index contributed by atoms with van der Waals surface area (Å²) in [5.74, 6) is -0.361. The molecule has 0 fully saturated rings. The number of azo groups is 1. The van der Waals surface area contributed by atoms with Gasteiger partial charge in [-0.1, -0.05) is 24.3 Å². The molecule has 3 aromatic carbocycles. The molecule has 0 saturated carbocycles. The lowest BCUT2D eigenvalue weighted by Crippen LogP contribution is -2.12. The van der Waals surface area contributed by atoms with E-state index < -0.39 is 11.9 Å². The Morgan fingerprint density at radius 2 is 1.51 bits per heavy atom. The van der Waals surface area contributed by atoms with E-state index in [1.54, 1.807) is 66.0 Å². The van der Waals surface area contributed by atoms with Crippen LogP contribution in [0.3, 0.4) is 0 Å². The Labute approximate surface area is 213 Å². The van der Waals surface area contributed by atoms with Crippen molar-refractivity contribution in [3.05, 3.63) is 114 Å². The highest BCUT2D eigenvalue weighted by molar-refractivity contribution is 7.13. The average Bonchev–Trinajstić information content (AvgIpc) is 3.59. The second-order valence-corrected chi connectivity index (χ2v) is 8.83. The Hall–Kier alpha value is -4.57. The van der Waals surface area contributed by atoms with Crippen molar-refractivity contribution >= 4 is 34.3 Å². The number of thiophene rings is 1. The minimum Gasteiger partial charge on any atom is -0.322 e. The third-order valence-electron chi connectivity index (χ3n) is 5.31. The van der Waals surface area contributed by atoms with Gasteiger partial charge < -0.3 is 5.32 Å². The predicted octanol–water partition coefficient (Wildman–Crippen LogP) is 8.29. The summed E-state index contributed by atoms with van der Waals surface area (Å²) in [6, 6.07) is 26.9. The van der Waals surface area contributed by atoms with Crippen molar-refractivity contribution in [1.29, 1.82) is 0 Å². The molecule has 0 radical (unpaired) electrons. The number of hydrogen-bond donors (Lipinski definition) is 1. The molecule has 5 rings (SSSR count). The zero-order valence-electron chi connectivity index (χ0n) is 19.1. The minimum absolute atomic E-state index is 0.323. The van der Waals surface area contributed by atoms with Gasteiger partial charge in [-0.3, -0.25) is 4.79 Å². The second-order valence-electron chi connectivity index (χ2n) is 7.89. The molecule has 0 atom stereocenters. The molecule has 0 aliphatic rings. The Balaban J connectivity index is 1.30. The van der Waals surface area contributed by atoms with Gasteiger partial charge in [-0.05, 0) is 78.2 Å². The molecule has 2 aromatic heterocycles. The van der Waals surface area contributed by atoms with E-state index in [-0.39, 0.29) is 5.91 Å². The number of rotatable bonds is 6. The van der Waals surface area contributed by atoms with Crippen LogP contribution in [0.2, 0.25) is 0 Å². The van der Waals surface area contributed by atoms with Crippen LogP contribution >= 0.6 is 11.3 Å². The summed E-state index contributed by atoms with van der Waals surface area (Å²) in [5.41, 5.74) is 2.02. The van der Waals surface area contributed by atoms with Crippen molar-refractivity contribution in [3.8, 4) is 16.3 Å². The van der Waals surface area contributed by atoms with Crippen LogP contribution in [0.15, 0.2) is 113 Å². The molecular weight excluding hydrogens is 499 g/mol. The first-order valence-electron chi connectivity index (χ1n) is 11.1. The molecule has 6 nitrogen and oxygen atoms in total. The Morgan fingerprint density at radius 3 is 2.14 bits per heavy atom. The number of nitrogens with zero attached hydrogens (tertiary/aromatic N) is 4. The largest absolute Gasteiger partial charge is 0.435 e. The number of carbonyl (C=O) groups is 1. The van der Waals surface area contributed by atoms with Gasteiger partial charge in [0.25, 0.3) is 5.91 Å². The first-order valence-corrected chi connectivity index (χ1v) is 11.9. The lowest BCUT2D eigenvalue weighted by Gasteiger charge is -2.09. The molecule has 184 valence electrons. The topological polar surface area (TPSA) is 71.6 Å². The number of benzene rings is 3. The zero-order valence-corrected chi connectivity index (χ0v) is 19.9. The maximum Gasteiger partial charge on any atom is 0.435 e. The van der Waals surface area contributed by atoms with Gasteiger partial charge in [-0.25, -0.2) is 4.68 Å². The van der Waals surface area contributed by atoms with Crippen LogP contribution in [0.1, 0.15) is 16.1 Å². The lowest BCUT2D eigenvalue weighted by atomic mass is 10.2. The van der Waals surface area contributed by atoms with Gasteiger partial charge in [0.05, 0.1) is 27.6 Å². The summed E-state index contributed by atoms with van der Waals surface area (Å²) in [5, 5.41) is 16.7. The maximum absolute atomic E-state index is 13.3. The number of hydrogen-bond acceptors (Lipinski definition) is 5. The molecule has 1 N–H and O–H groups in total. The molecule has 37 heavy (non-hydrogen) atoms. The summed E-state index contributed by atoms with van der Waals surface area (Å²) in [7, 11) is 0. The van der Waals surface area contributed by atoms with Crippen LogP contribution in [-0.2, 0) is 6.18 Å². The Bertz CT molecular complexity index is 1530. The maximum atomic E-state index is 13.3. The van der Waals surface area contributed by atoms with E-state index >= 15 is 0 Å². The third kappa shape index (κ3) is 5.65. The fourth-order valence-corrected chi connectivity index (χ4v) is 4.22. The van der Waals surface area contributed by atoms with E-state index in [4.69, 9.17) is 0 Å². The molecule has 0 unspecified atom stereocenters. The van der Waals surface area contributed by atoms with E-state index in [1.807, 2.05) is 30.3 Å². The van der Waals surface area contributed by atoms with Crippen LogP contribution in [0.5, 0.6) is 0 Å². The standard InChI is InChI=1S/C27H18F3N5OS/c28-27(29,30)25-17-23(24-7-4-16-37-24)35(34-25)22-14-8-18(9-15-22)26(36)31-19-10-12-21(13-11-19)33-32-20-5-2-1-3-6-20/h1-17H,(H,31,36). The third-order valence-corrected chi connectivity index (χ3v) is 6.20. The molecule has 2 heterocycles. The number of amides is 1. The van der Waals surface area contributed by atoms with Crippen molar-refractivity contribution in [2.75, 3.05) is 5.32 Å². The van der Waals surface area contributed by atoms with Crippen molar-refractivity contribution in [2.45, 2.75) is 6.18 Å². The number of halogens is 3. The van der Waals surface area contributed by atoms with E-state index in [0.29, 0.717) is 33.2 Å². The fraction of sp³-hybridized carbons (Fsp3) is 0.0370. The van der Waals surface area contributed by atoms with E-state index in [2.05, 4.69) is 20.6 Å². The summed E-state index contributed by atoms with van der Waals surface area (Å²) in [6.07, 6.45) is -4.57. The van der Waals surface area contributed by atoms with Gasteiger partial charge in [0.15, 0.2) is 5.69 Å². The molecule has 0 aliphatic carbocycles. The van der Waals surface area contributed by atoms with Gasteiger partial charge in [0.1, 0.15) is 0 Å². The average molecular weight is 518 g/mol. The molecule has 0 bridgehead atoms. The number of alkyl halides is 3. The van der Waals surface area contributed by atoms with Crippen LogP contribution < -0.4 is 5.32 Å². The fourth-order valence-electron chi connectivity index (χ4n) is 3.50. The van der Waals surface area contributed by atoms with Crippen molar-refractivity contribution in [2.24, 2.45) is 10.2 Å². The highest BCUT2D eigenvalue weighted by Gasteiger charge is 2.35. The van der Waals surface area contributed by atoms with Crippen LogP contribution in [0.25, 0.3) is 16.3 Å². The number of carbonyl (C=O) groups excluding carboxylic acids is 1. The van der Waals surface area contributed by atoms with Crippen LogP contribution in [-0.4, -0.2) is 15.7 Å². The Kier molecular flexibility index (Phi) is 6.65. The van der Waals surface area contributed by atoms with E-state index in [9.17, 15) is 18.0 Å². The van der Waals surface area contributed by atoms with Crippen LogP contribution in [0, 0.1) is 0 Å². The number of aromatic nitrogens is 2. The first kappa shape index (κ1) is 24.1. The summed E-state index contributed by atoms with van der Waals surface area (Å²) in [6.45, 7) is 0. The van der Waals surface area contributed by atoms with E-state index in [0.717, 1.165) is 11.8 Å². The smallest absolute Gasteiger partial charge is 0.322 e. The van der Waals surface area contributed by atoms with Gasteiger partial charge in [-0.15, -0.1) is 11.3 Å². The van der Waals surface area contributed by atoms with Crippen molar-refractivity contribution in [3.63, 3.8) is 0 Å². The molecule has 0 saturated heterocycles. The Morgan fingerprint density at radius 1 is 0.838 bits per heavy atom. The summed E-state index contributed by atoms with van der Waals surface area (Å²) < 4.78 is 41.2. The van der Waals surface area contributed by atoms with Gasteiger partial charge >= 0.3 is 6.18 Å². The molecule has 10 heteroatoms. The predicted molar refractivity (Wildman–Crippen MR) is 137 cm³/mol. The quantitative estimate of drug-likeness (QED) is 0.230. The lowest BCUT2D eigenvalue weighted by molar-refractivity contribution is -0.141. The van der Waals surface area contributed by atoms with E-state index in [1.165, 1.54) is 16.0 Å². The summed E-state index contributed by atoms with van der Waals surface area (Å²) in [4.78, 5) is 13.4. The van der Waals surface area contributed by atoms with Crippen molar-refractivity contribution < 1.29 is 18.0 Å². The first-order chi connectivity index (χ1) is 17.9. The normalized spacial score (nSPS) is 11.6. The molecule has 5 aromatic rings. The molecule has 0 spiro atoms. The minimum atomic E-state index is -4.57. The zero-order chi connectivity index (χ0) is 25.8. The van der Waals surface area contributed by atoms with Gasteiger partial charge in [-0.2, -0.15) is 28.5 Å². The van der Waals surface area contributed by atoms with Crippen molar-refractivity contribution in [1.82, 2.24) is 9.78 Å². The second kappa shape index (κ2) is 10.2. The highest BCUT2D eigenvalue weighted by Crippen LogP contribution is 2.34. The monoisotopic (exact) mass is 517 g/mol. The SMILES string of the molecule is O=C(Nc1ccc(N=Nc2ccccc2)cc1)c1ccc(-n2nc(C(F)(F)F)cc2-c2cccs2)cc1.